The van der Waals surface area contributed by atoms with Crippen LogP contribution in [0.5, 0.6) is 17.2 Å². The van der Waals surface area contributed by atoms with E-state index >= 15 is 0 Å². The Morgan fingerprint density at radius 2 is 1.75 bits per heavy atom. The first-order chi connectivity index (χ1) is 26.8. The molecule has 3 aliphatic rings. The normalized spacial score (nSPS) is 21.2. The van der Waals surface area contributed by atoms with Crippen molar-refractivity contribution in [3.8, 4) is 17.2 Å². The van der Waals surface area contributed by atoms with Crippen molar-refractivity contribution in [2.45, 2.75) is 103 Å². The highest BCUT2D eigenvalue weighted by atomic mass is 16.5. The van der Waals surface area contributed by atoms with E-state index in [1.54, 1.807) is 60.4 Å². The minimum Gasteiger partial charge on any atom is -0.507 e. The fraction of sp³-hybridized carbons (Fsp3) is 0.477. The van der Waals surface area contributed by atoms with E-state index < -0.39 is 35.7 Å². The van der Waals surface area contributed by atoms with Crippen LogP contribution in [-0.4, -0.2) is 75.6 Å². The molecule has 12 heteroatoms. The summed E-state index contributed by atoms with van der Waals surface area (Å²) >= 11 is 0. The highest BCUT2D eigenvalue weighted by Gasteiger charge is 2.39. The van der Waals surface area contributed by atoms with Crippen LogP contribution >= 0.6 is 0 Å². The van der Waals surface area contributed by atoms with Gasteiger partial charge in [-0.2, -0.15) is 0 Å². The number of benzene rings is 2. The Bertz CT molecular complexity index is 2040. The van der Waals surface area contributed by atoms with Crippen LogP contribution in [0.1, 0.15) is 117 Å². The van der Waals surface area contributed by atoms with Crippen molar-refractivity contribution in [2.75, 3.05) is 20.2 Å². The molecular weight excluding hydrogens is 714 g/mol. The number of esters is 1. The van der Waals surface area contributed by atoms with E-state index in [1.807, 2.05) is 24.5 Å². The Labute approximate surface area is 327 Å². The van der Waals surface area contributed by atoms with Crippen LogP contribution in [-0.2, 0) is 25.7 Å². The number of carbonyl (C=O) groups excluding carboxylic acids is 4. The average Bonchev–Trinajstić information content (AvgIpc) is 3.16. The van der Waals surface area contributed by atoms with Gasteiger partial charge in [0.1, 0.15) is 34.6 Å². The van der Waals surface area contributed by atoms with Gasteiger partial charge in [-0.15, -0.1) is 0 Å². The van der Waals surface area contributed by atoms with Crippen molar-refractivity contribution in [2.24, 2.45) is 11.8 Å². The number of carbonyl (C=O) groups is 4. The van der Waals surface area contributed by atoms with Crippen LogP contribution in [0.3, 0.4) is 0 Å². The predicted octanol–water partition coefficient (Wildman–Crippen LogP) is 6.06. The number of amides is 2. The summed E-state index contributed by atoms with van der Waals surface area (Å²) in [6.07, 6.45) is 6.52. The maximum Gasteiger partial charge on any atom is 0.342 e. The molecular formula is C44H53N3O9. The van der Waals surface area contributed by atoms with Gasteiger partial charge in [-0.05, 0) is 86.3 Å². The lowest BCUT2D eigenvalue weighted by atomic mass is 9.82. The number of nitrogens with one attached hydrogen (secondary N) is 1. The van der Waals surface area contributed by atoms with Gasteiger partial charge in [0.15, 0.2) is 0 Å². The third-order valence-corrected chi connectivity index (χ3v) is 11.3. The molecule has 0 spiro atoms. The number of rotatable bonds is 8. The number of methoxy groups -OCH3 is 1. The van der Waals surface area contributed by atoms with E-state index in [4.69, 9.17) is 9.47 Å². The number of cyclic esters (lactones) is 1. The molecule has 5 atom stereocenters. The van der Waals surface area contributed by atoms with E-state index in [2.05, 4.69) is 5.32 Å². The third-order valence-electron chi connectivity index (χ3n) is 11.3. The number of hydrogen-bond donors (Lipinski definition) is 3. The largest absolute Gasteiger partial charge is 0.507 e. The smallest absolute Gasteiger partial charge is 0.342 e. The minimum atomic E-state index is -0.952. The molecule has 56 heavy (non-hydrogen) atoms. The van der Waals surface area contributed by atoms with Crippen LogP contribution in [0.2, 0.25) is 0 Å². The molecule has 2 aromatic carbocycles. The zero-order valence-electron chi connectivity index (χ0n) is 32.7. The second kappa shape index (κ2) is 17.6. The standard InChI is InChI=1S/C44H53N3O9/c1-26(2)41(43(53)46-23-28-20-31(25-46)35-14-9-15-38(51)47(35)24-28)45-37(50)22-34(29-16-18-33(55-4)19-17-29)40-36(49)21-30-11-6-5-7-12-32(48)13-8-10-27(3)56-44(54)39(30)42(40)52/h6,9,11,14-19,21,26-28,31,34,41,49,52H,5,7-8,10,12-13,20,22-25H2,1-4H3,(H,45,50). The van der Waals surface area contributed by atoms with Crippen LogP contribution in [0.25, 0.3) is 6.08 Å². The molecule has 12 nitrogen and oxygen atoms in total. The molecule has 0 radical (unpaired) electrons. The molecule has 3 N–H and O–H groups in total. The maximum atomic E-state index is 14.2. The molecule has 0 saturated carbocycles. The number of aromatic nitrogens is 1. The van der Waals surface area contributed by atoms with Gasteiger partial charge in [-0.3, -0.25) is 19.2 Å². The van der Waals surface area contributed by atoms with E-state index in [0.29, 0.717) is 69.5 Å². The molecule has 3 aliphatic heterocycles. The van der Waals surface area contributed by atoms with Gasteiger partial charge in [0.25, 0.3) is 5.56 Å². The second-order valence-corrected chi connectivity index (χ2v) is 15.8. The summed E-state index contributed by atoms with van der Waals surface area (Å²) in [5.74, 6) is -2.70. The number of pyridine rings is 1. The van der Waals surface area contributed by atoms with Gasteiger partial charge in [0.05, 0.1) is 13.2 Å². The zero-order valence-corrected chi connectivity index (χ0v) is 32.7. The van der Waals surface area contributed by atoms with E-state index in [9.17, 15) is 34.2 Å². The van der Waals surface area contributed by atoms with Gasteiger partial charge < -0.3 is 34.5 Å². The van der Waals surface area contributed by atoms with Gasteiger partial charge in [-0.25, -0.2) is 4.79 Å². The number of phenols is 2. The number of piperidine rings is 1. The Kier molecular flexibility index (Phi) is 12.7. The van der Waals surface area contributed by atoms with Crippen LogP contribution in [0.15, 0.2) is 59.4 Å². The number of allylic oxidation sites excluding steroid dienone is 1. The summed E-state index contributed by atoms with van der Waals surface area (Å²) in [6, 6.07) is 12.6. The Morgan fingerprint density at radius 3 is 2.48 bits per heavy atom. The lowest BCUT2D eigenvalue weighted by Crippen LogP contribution is -2.56. The number of nitrogens with zero attached hydrogens (tertiary/aromatic N) is 2. The van der Waals surface area contributed by atoms with Crippen LogP contribution in [0.4, 0.5) is 0 Å². The fourth-order valence-electron chi connectivity index (χ4n) is 8.45. The molecule has 2 bridgehead atoms. The molecule has 1 aromatic heterocycles. The average molecular weight is 768 g/mol. The van der Waals surface area contributed by atoms with Gasteiger partial charge >= 0.3 is 5.97 Å². The van der Waals surface area contributed by atoms with Crippen LogP contribution in [0, 0.1) is 11.8 Å². The topological polar surface area (TPSA) is 164 Å². The number of phenolic OH excluding ortho intramolecular Hbond substituents is 2. The number of likely N-dealkylation sites (tertiary alicyclic amines) is 1. The van der Waals surface area contributed by atoms with E-state index in [1.165, 1.54) is 13.2 Å². The van der Waals surface area contributed by atoms with E-state index in [0.717, 1.165) is 12.1 Å². The Hall–Kier alpha value is -5.39. The molecule has 2 amide bonds. The van der Waals surface area contributed by atoms with E-state index in [-0.39, 0.29) is 63.9 Å². The summed E-state index contributed by atoms with van der Waals surface area (Å²) < 4.78 is 12.9. The highest BCUT2D eigenvalue weighted by Crippen LogP contribution is 2.44. The molecule has 298 valence electrons. The number of ether oxygens (including phenoxy) is 2. The molecule has 0 aliphatic carbocycles. The van der Waals surface area contributed by atoms with Crippen molar-refractivity contribution < 1.29 is 38.9 Å². The van der Waals surface area contributed by atoms with Crippen LogP contribution < -0.4 is 15.6 Å². The summed E-state index contributed by atoms with van der Waals surface area (Å²) in [5.41, 5.74) is 1.51. The molecule has 1 saturated heterocycles. The monoisotopic (exact) mass is 767 g/mol. The summed E-state index contributed by atoms with van der Waals surface area (Å²) in [7, 11) is 1.53. The lowest BCUT2D eigenvalue weighted by Gasteiger charge is -2.44. The first kappa shape index (κ1) is 40.3. The van der Waals surface area contributed by atoms with Gasteiger partial charge in [0.2, 0.25) is 11.8 Å². The van der Waals surface area contributed by atoms with Crippen molar-refractivity contribution in [1.82, 2.24) is 14.8 Å². The summed E-state index contributed by atoms with van der Waals surface area (Å²) in [5, 5.41) is 26.6. The third kappa shape index (κ3) is 9.01. The molecule has 3 aromatic rings. The lowest BCUT2D eigenvalue weighted by molar-refractivity contribution is -0.140. The Morgan fingerprint density at radius 1 is 1.00 bits per heavy atom. The van der Waals surface area contributed by atoms with Gasteiger partial charge in [0, 0.05) is 68.1 Å². The SMILES string of the molecule is COc1ccc(C(CC(=O)NC(C(=O)N2CC3CC(C2)c2cccc(=O)n2C3)C(C)C)c2c(O)cc3c(c2O)C(=O)OC(C)CCCC(=O)CCCC=C3)cc1. The molecule has 5 unspecified atom stereocenters. The summed E-state index contributed by atoms with van der Waals surface area (Å²) in [4.78, 5) is 68.8. The first-order valence-electron chi connectivity index (χ1n) is 19.7. The number of aromatic hydroxyl groups is 2. The zero-order chi connectivity index (χ0) is 40.1. The number of fused-ring (bicyclic) bond motifs is 5. The quantitative estimate of drug-likeness (QED) is 0.231. The molecule has 1 fully saturated rings. The maximum absolute atomic E-state index is 14.2. The molecule has 4 heterocycles. The number of ketones is 1. The molecule has 6 rings (SSSR count). The Balaban J connectivity index is 1.30. The van der Waals surface area contributed by atoms with Crippen molar-refractivity contribution in [1.29, 1.82) is 0 Å². The highest BCUT2D eigenvalue weighted by molar-refractivity contribution is 5.98. The van der Waals surface area contributed by atoms with Gasteiger partial charge in [-0.1, -0.05) is 44.2 Å². The first-order valence-corrected chi connectivity index (χ1v) is 19.7. The number of hydrogen-bond acceptors (Lipinski definition) is 9. The predicted molar refractivity (Wildman–Crippen MR) is 211 cm³/mol. The van der Waals surface area contributed by atoms with Crippen molar-refractivity contribution >= 4 is 29.6 Å². The number of Topliss-reactive ketones (excluding diaryl/α,β-unsaturated/α-hetero) is 1. The summed E-state index contributed by atoms with van der Waals surface area (Å²) in [6.45, 7) is 6.91. The fourth-order valence-corrected chi connectivity index (χ4v) is 8.45. The second-order valence-electron chi connectivity index (χ2n) is 15.8. The minimum absolute atomic E-state index is 0.0111. The van der Waals surface area contributed by atoms with Crippen molar-refractivity contribution in [3.63, 3.8) is 0 Å². The van der Waals surface area contributed by atoms with Crippen molar-refractivity contribution in [3.05, 3.63) is 92.9 Å².